The molecule has 0 atom stereocenters. The van der Waals surface area contributed by atoms with Crippen molar-refractivity contribution in [1.29, 1.82) is 0 Å². The maximum Gasteiger partial charge on any atom is 0.0931 e. The van der Waals surface area contributed by atoms with Crippen LogP contribution in [0.25, 0.3) is 0 Å². The first kappa shape index (κ1) is 8.31. The Morgan fingerprint density at radius 3 is 2.80 bits per heavy atom. The predicted molar refractivity (Wildman–Crippen MR) is 51.1 cm³/mol. The monoisotopic (exact) mass is 236 g/mol. The minimum atomic E-state index is 0.837. The highest BCUT2D eigenvalue weighted by Gasteiger charge is 1.97. The third-order valence-electron chi connectivity index (χ3n) is 0.995. The molecule has 0 aliphatic rings. The molecule has 0 nitrogen and oxygen atoms in total. The molecule has 1 rings (SSSR count). The molecule has 0 aliphatic heterocycles. The standard InChI is InChI=1S/C7H6BrClS/c1-5(8)4-6-2-3-7(9)10-6/h2-3H,1,4H2. The van der Waals surface area contributed by atoms with Gasteiger partial charge >= 0.3 is 0 Å². The summed E-state index contributed by atoms with van der Waals surface area (Å²) in [5.74, 6) is 0. The van der Waals surface area contributed by atoms with Crippen LogP contribution in [-0.2, 0) is 6.42 Å². The molecule has 0 bridgehead atoms. The molecule has 0 spiro atoms. The van der Waals surface area contributed by atoms with E-state index in [9.17, 15) is 0 Å². The van der Waals surface area contributed by atoms with E-state index in [-0.39, 0.29) is 0 Å². The average Bonchev–Trinajstić information content (AvgIpc) is 2.13. The summed E-state index contributed by atoms with van der Waals surface area (Å²) in [4.78, 5) is 1.24. The van der Waals surface area contributed by atoms with Crippen LogP contribution in [0.3, 0.4) is 0 Å². The third kappa shape index (κ3) is 2.45. The summed E-state index contributed by atoms with van der Waals surface area (Å²) in [5, 5.41) is 0. The first-order valence-corrected chi connectivity index (χ1v) is 4.75. The van der Waals surface area contributed by atoms with Crippen molar-refractivity contribution in [2.45, 2.75) is 6.42 Å². The molecule has 0 saturated heterocycles. The van der Waals surface area contributed by atoms with Crippen molar-refractivity contribution in [3.63, 3.8) is 0 Å². The van der Waals surface area contributed by atoms with Crippen LogP contribution in [0.15, 0.2) is 23.2 Å². The molecule has 0 aliphatic carbocycles. The van der Waals surface area contributed by atoms with Gasteiger partial charge in [0.05, 0.1) is 4.34 Å². The maximum absolute atomic E-state index is 5.72. The Morgan fingerprint density at radius 2 is 2.40 bits per heavy atom. The number of allylic oxidation sites excluding steroid dienone is 1. The fourth-order valence-corrected chi connectivity index (χ4v) is 2.25. The van der Waals surface area contributed by atoms with Gasteiger partial charge in [-0.05, 0) is 16.6 Å². The molecule has 1 aromatic heterocycles. The second-order valence-corrected chi connectivity index (χ2v) is 4.82. The minimum absolute atomic E-state index is 0.837. The Hall–Kier alpha value is 0.210. The lowest BCUT2D eigenvalue weighted by Crippen LogP contribution is -1.73. The Morgan fingerprint density at radius 1 is 1.70 bits per heavy atom. The van der Waals surface area contributed by atoms with Crippen molar-refractivity contribution in [2.75, 3.05) is 0 Å². The van der Waals surface area contributed by atoms with Crippen molar-refractivity contribution in [2.24, 2.45) is 0 Å². The molecule has 0 radical (unpaired) electrons. The summed E-state index contributed by atoms with van der Waals surface area (Å²) >= 11 is 10.6. The predicted octanol–water partition coefficient (Wildman–Crippen LogP) is 3.85. The highest BCUT2D eigenvalue weighted by atomic mass is 79.9. The zero-order valence-corrected chi connectivity index (χ0v) is 8.39. The second kappa shape index (κ2) is 3.56. The summed E-state index contributed by atoms with van der Waals surface area (Å²) in [7, 11) is 0. The van der Waals surface area contributed by atoms with E-state index in [2.05, 4.69) is 22.5 Å². The van der Waals surface area contributed by atoms with Crippen molar-refractivity contribution in [3.05, 3.63) is 32.4 Å². The first-order chi connectivity index (χ1) is 4.68. The topological polar surface area (TPSA) is 0 Å². The molecule has 0 aromatic carbocycles. The lowest BCUT2D eigenvalue weighted by atomic mass is 10.3. The molecule has 10 heavy (non-hydrogen) atoms. The van der Waals surface area contributed by atoms with E-state index in [1.807, 2.05) is 12.1 Å². The summed E-state index contributed by atoms with van der Waals surface area (Å²) in [6, 6.07) is 3.91. The fourth-order valence-electron chi connectivity index (χ4n) is 0.636. The summed E-state index contributed by atoms with van der Waals surface area (Å²) < 4.78 is 1.83. The smallest absolute Gasteiger partial charge is 0.0931 e. The van der Waals surface area contributed by atoms with Crippen LogP contribution in [0.4, 0.5) is 0 Å². The molecule has 1 heterocycles. The zero-order chi connectivity index (χ0) is 7.56. The Balaban J connectivity index is 2.67. The van der Waals surface area contributed by atoms with Gasteiger partial charge in [0.15, 0.2) is 0 Å². The first-order valence-electron chi connectivity index (χ1n) is 2.76. The van der Waals surface area contributed by atoms with E-state index in [0.29, 0.717) is 0 Å². The minimum Gasteiger partial charge on any atom is -0.128 e. The number of rotatable bonds is 2. The highest BCUT2D eigenvalue weighted by molar-refractivity contribution is 9.11. The molecule has 0 saturated carbocycles. The van der Waals surface area contributed by atoms with Crippen LogP contribution in [0, 0.1) is 0 Å². The van der Waals surface area contributed by atoms with Gasteiger partial charge in [0.1, 0.15) is 0 Å². The van der Waals surface area contributed by atoms with Crippen LogP contribution in [-0.4, -0.2) is 0 Å². The van der Waals surface area contributed by atoms with E-state index in [1.54, 1.807) is 11.3 Å². The molecule has 0 unspecified atom stereocenters. The molecule has 1 aromatic rings. The Bertz CT molecular complexity index is 242. The zero-order valence-electron chi connectivity index (χ0n) is 5.23. The van der Waals surface area contributed by atoms with Gasteiger partial charge < -0.3 is 0 Å². The van der Waals surface area contributed by atoms with Gasteiger partial charge in [-0.1, -0.05) is 34.1 Å². The van der Waals surface area contributed by atoms with Gasteiger partial charge in [0.2, 0.25) is 0 Å². The van der Waals surface area contributed by atoms with Crippen LogP contribution in [0.1, 0.15) is 4.88 Å². The van der Waals surface area contributed by atoms with Crippen LogP contribution < -0.4 is 0 Å². The van der Waals surface area contributed by atoms with E-state index in [4.69, 9.17) is 11.6 Å². The molecular formula is C7H6BrClS. The van der Waals surface area contributed by atoms with Crippen LogP contribution in [0.2, 0.25) is 4.34 Å². The van der Waals surface area contributed by atoms with E-state index in [0.717, 1.165) is 15.2 Å². The fraction of sp³-hybridized carbons (Fsp3) is 0.143. The number of thiophene rings is 1. The maximum atomic E-state index is 5.72. The SMILES string of the molecule is C=C(Br)Cc1ccc(Cl)s1. The van der Waals surface area contributed by atoms with Gasteiger partial charge in [0.25, 0.3) is 0 Å². The van der Waals surface area contributed by atoms with E-state index >= 15 is 0 Å². The van der Waals surface area contributed by atoms with E-state index in [1.165, 1.54) is 4.88 Å². The van der Waals surface area contributed by atoms with E-state index < -0.39 is 0 Å². The second-order valence-electron chi connectivity index (χ2n) is 1.90. The molecule has 3 heteroatoms. The van der Waals surface area contributed by atoms with Crippen LogP contribution in [0.5, 0.6) is 0 Å². The van der Waals surface area contributed by atoms with Crippen LogP contribution >= 0.6 is 38.9 Å². The van der Waals surface area contributed by atoms with Crippen molar-refractivity contribution < 1.29 is 0 Å². The molecule has 0 N–H and O–H groups in total. The van der Waals surface area contributed by atoms with Crippen molar-refractivity contribution >= 4 is 38.9 Å². The molecule has 0 amide bonds. The molecular weight excluding hydrogens is 232 g/mol. The molecule has 0 fully saturated rings. The Kier molecular flexibility index (Phi) is 2.96. The Labute approximate surface area is 77.6 Å². The summed E-state index contributed by atoms with van der Waals surface area (Å²) in [6.45, 7) is 3.74. The summed E-state index contributed by atoms with van der Waals surface area (Å²) in [5.41, 5.74) is 0. The normalized spacial score (nSPS) is 9.80. The van der Waals surface area contributed by atoms with Crippen molar-refractivity contribution in [3.8, 4) is 0 Å². The lowest BCUT2D eigenvalue weighted by Gasteiger charge is -1.89. The van der Waals surface area contributed by atoms with Gasteiger partial charge in [-0.3, -0.25) is 0 Å². The highest BCUT2D eigenvalue weighted by Crippen LogP contribution is 2.24. The molecule has 54 valence electrons. The number of hydrogen-bond acceptors (Lipinski definition) is 1. The van der Waals surface area contributed by atoms with Gasteiger partial charge in [0, 0.05) is 11.3 Å². The van der Waals surface area contributed by atoms with Gasteiger partial charge in [-0.2, -0.15) is 0 Å². The number of halogens is 2. The van der Waals surface area contributed by atoms with Gasteiger partial charge in [-0.25, -0.2) is 0 Å². The number of hydrogen-bond donors (Lipinski definition) is 0. The average molecular weight is 238 g/mol. The summed E-state index contributed by atoms with van der Waals surface area (Å²) in [6.07, 6.45) is 0.872. The quantitative estimate of drug-likeness (QED) is 0.733. The van der Waals surface area contributed by atoms with Crippen molar-refractivity contribution in [1.82, 2.24) is 0 Å². The third-order valence-corrected chi connectivity index (χ3v) is 2.51. The van der Waals surface area contributed by atoms with Gasteiger partial charge in [-0.15, -0.1) is 11.3 Å². The largest absolute Gasteiger partial charge is 0.128 e. The lowest BCUT2D eigenvalue weighted by molar-refractivity contribution is 1.33.